The second-order valence-corrected chi connectivity index (χ2v) is 15.8. The van der Waals surface area contributed by atoms with Gasteiger partial charge in [0.2, 0.25) is 35.4 Å². The number of fused-ring (bicyclic) bond motifs is 1. The fourth-order valence-electron chi connectivity index (χ4n) is 7.21. The Morgan fingerprint density at radius 1 is 0.906 bits per heavy atom. The van der Waals surface area contributed by atoms with Crippen LogP contribution in [0, 0.1) is 11.8 Å². The van der Waals surface area contributed by atoms with Crippen LogP contribution in [0.2, 0.25) is 0 Å². The van der Waals surface area contributed by atoms with Crippen molar-refractivity contribution in [1.82, 2.24) is 46.9 Å². The maximum atomic E-state index is 14.3. The van der Waals surface area contributed by atoms with Gasteiger partial charge < -0.3 is 43.0 Å². The highest BCUT2D eigenvalue weighted by molar-refractivity contribution is 5.96. The third kappa shape index (κ3) is 16.2. The maximum Gasteiger partial charge on any atom is 0.337 e. The summed E-state index contributed by atoms with van der Waals surface area (Å²) in [6, 6.07) is 10.4. The zero-order valence-corrected chi connectivity index (χ0v) is 36.8. The van der Waals surface area contributed by atoms with Crippen LogP contribution in [0.5, 0.6) is 0 Å². The first kappa shape index (κ1) is 49.9. The minimum absolute atomic E-state index is 0.00707. The van der Waals surface area contributed by atoms with Crippen molar-refractivity contribution in [3.63, 3.8) is 0 Å². The van der Waals surface area contributed by atoms with E-state index >= 15 is 0 Å². The summed E-state index contributed by atoms with van der Waals surface area (Å²) in [6.07, 6.45) is 6.72. The standard InChI is InChI=1S/C46H63N11O7/c1-4-25-56-26-13-11-21-38(43(61)53-39(23-22-33-16-6-5-7-17-33)44(62)51-37(41(48)59)20-10-12-24-47)52-42(60)31(2)50-45(63)40(29-34-30-49-36-19-9-8-18-35(34)36)54-46(64)57(55-32(3)58)28-15-14-27-56/h4-9,16-19,30-31,37-40,49H,1,10-13,20-29,47H2,2-3H3,(H2,48,59)(H,50,63)(H,51,62)(H,52,60)(H,53,61)(H,54,64)(H,55,58)/t31-,37-,38-,39+,40+/m0/s1. The Bertz CT molecular complexity index is 2130. The first-order valence-corrected chi connectivity index (χ1v) is 21.7. The van der Waals surface area contributed by atoms with Crippen molar-refractivity contribution >= 4 is 52.4 Å². The molecule has 1 aliphatic rings. The fraction of sp³-hybridized carbons (Fsp3) is 0.457. The number of aromatic amines is 1. The Kier molecular flexibility index (Phi) is 20.3. The van der Waals surface area contributed by atoms with Gasteiger partial charge in [-0.3, -0.25) is 39.1 Å². The predicted octanol–water partition coefficient (Wildman–Crippen LogP) is 1.02. The van der Waals surface area contributed by atoms with Crippen molar-refractivity contribution in [1.29, 1.82) is 0 Å². The summed E-state index contributed by atoms with van der Waals surface area (Å²) >= 11 is 0. The number of amides is 8. The SMILES string of the molecule is C=CCN1CC#CCN(NC(C)=O)C(=O)N[C@H](Cc2c[nH]c3ccccc23)C(=O)N[C@@H](C)C(=O)N[C@H](C(=O)N[C@H](CCc2ccccc2)C(=O)N[C@@H](CCCCN)C(N)=O)CCCC1. The van der Waals surface area contributed by atoms with Gasteiger partial charge in [0.1, 0.15) is 36.8 Å². The van der Waals surface area contributed by atoms with Gasteiger partial charge in [-0.05, 0) is 88.6 Å². The van der Waals surface area contributed by atoms with Crippen LogP contribution < -0.4 is 43.5 Å². The van der Waals surface area contributed by atoms with Gasteiger partial charge in [0.15, 0.2) is 0 Å². The third-order valence-electron chi connectivity index (χ3n) is 10.7. The van der Waals surface area contributed by atoms with Crippen LogP contribution in [0.25, 0.3) is 10.9 Å². The Balaban J connectivity index is 1.62. The van der Waals surface area contributed by atoms with Gasteiger partial charge in [-0.15, -0.1) is 6.58 Å². The van der Waals surface area contributed by atoms with Gasteiger partial charge in [0, 0.05) is 37.0 Å². The molecule has 18 nitrogen and oxygen atoms in total. The Morgan fingerprint density at radius 2 is 1.64 bits per heavy atom. The summed E-state index contributed by atoms with van der Waals surface area (Å²) in [5.41, 5.74) is 16.2. The quantitative estimate of drug-likeness (QED) is 0.0532. The van der Waals surface area contributed by atoms with E-state index in [0.29, 0.717) is 63.8 Å². The number of aryl methyl sites for hydroxylation is 1. The number of H-pyrrole nitrogens is 1. The molecule has 2 heterocycles. The Labute approximate surface area is 374 Å². The molecule has 0 spiro atoms. The van der Waals surface area contributed by atoms with Crippen molar-refractivity contribution in [2.45, 2.75) is 102 Å². The molecule has 5 atom stereocenters. The number of hydrogen-bond acceptors (Lipinski definition) is 9. The molecule has 344 valence electrons. The van der Waals surface area contributed by atoms with E-state index in [9.17, 15) is 33.6 Å². The van der Waals surface area contributed by atoms with E-state index < -0.39 is 71.7 Å². The average Bonchev–Trinajstić information content (AvgIpc) is 3.68. The molecule has 64 heavy (non-hydrogen) atoms. The summed E-state index contributed by atoms with van der Waals surface area (Å²) in [7, 11) is 0. The van der Waals surface area contributed by atoms with Crippen molar-refractivity contribution in [2.24, 2.45) is 11.5 Å². The first-order valence-electron chi connectivity index (χ1n) is 21.7. The van der Waals surface area contributed by atoms with Crippen LogP contribution in [0.15, 0.2) is 73.4 Å². The average molecular weight is 882 g/mol. The van der Waals surface area contributed by atoms with Gasteiger partial charge in [0.25, 0.3) is 0 Å². The minimum atomic E-state index is -1.24. The number of nitrogens with one attached hydrogen (secondary N) is 7. The third-order valence-corrected chi connectivity index (χ3v) is 10.7. The van der Waals surface area contributed by atoms with E-state index in [-0.39, 0.29) is 32.2 Å². The number of unbranched alkanes of at least 4 members (excludes halogenated alkanes) is 1. The van der Waals surface area contributed by atoms with Crippen molar-refractivity contribution < 1.29 is 33.6 Å². The molecule has 0 saturated carbocycles. The number of primary amides is 1. The molecule has 1 aromatic heterocycles. The molecule has 0 bridgehead atoms. The molecule has 4 rings (SSSR count). The number of aromatic nitrogens is 1. The van der Waals surface area contributed by atoms with E-state index in [1.165, 1.54) is 13.8 Å². The molecule has 0 saturated heterocycles. The van der Waals surface area contributed by atoms with E-state index in [1.54, 1.807) is 12.3 Å². The summed E-state index contributed by atoms with van der Waals surface area (Å²) < 4.78 is 0. The van der Waals surface area contributed by atoms with Crippen LogP contribution >= 0.6 is 0 Å². The molecule has 18 heteroatoms. The maximum absolute atomic E-state index is 14.3. The van der Waals surface area contributed by atoms with Gasteiger partial charge in [-0.2, -0.15) is 0 Å². The lowest BCUT2D eigenvalue weighted by Gasteiger charge is -2.27. The highest BCUT2D eigenvalue weighted by atomic mass is 16.2. The predicted molar refractivity (Wildman–Crippen MR) is 243 cm³/mol. The van der Waals surface area contributed by atoms with Gasteiger partial charge in [-0.1, -0.05) is 66.4 Å². The number of hydrogen-bond donors (Lipinski definition) is 9. The molecule has 3 aromatic rings. The molecule has 2 aromatic carbocycles. The number of urea groups is 1. The van der Waals surface area contributed by atoms with E-state index in [0.717, 1.165) is 21.5 Å². The molecular formula is C46H63N11O7. The number of para-hydroxylation sites is 1. The number of nitrogens with zero attached hydrogens (tertiary/aromatic N) is 2. The molecule has 8 amide bonds. The van der Waals surface area contributed by atoms with Gasteiger partial charge in [-0.25, -0.2) is 9.80 Å². The zero-order valence-electron chi connectivity index (χ0n) is 36.8. The number of hydrazine groups is 1. The number of nitrogens with two attached hydrogens (primary N) is 2. The zero-order chi connectivity index (χ0) is 46.4. The smallest absolute Gasteiger partial charge is 0.337 e. The van der Waals surface area contributed by atoms with Gasteiger partial charge >= 0.3 is 6.03 Å². The van der Waals surface area contributed by atoms with Gasteiger partial charge in [0.05, 0.1) is 6.54 Å². The van der Waals surface area contributed by atoms with Crippen molar-refractivity contribution in [3.05, 3.63) is 84.6 Å². The molecule has 0 fully saturated rings. The summed E-state index contributed by atoms with van der Waals surface area (Å²) in [6.45, 7) is 8.09. The van der Waals surface area contributed by atoms with Crippen LogP contribution in [0.4, 0.5) is 4.79 Å². The van der Waals surface area contributed by atoms with Crippen molar-refractivity contribution in [2.75, 3.05) is 32.7 Å². The van der Waals surface area contributed by atoms with Crippen LogP contribution in [0.3, 0.4) is 0 Å². The lowest BCUT2D eigenvalue weighted by atomic mass is 10.0. The summed E-state index contributed by atoms with van der Waals surface area (Å²) in [4.78, 5) is 99.5. The molecule has 0 radical (unpaired) electrons. The normalized spacial score (nSPS) is 19.1. The van der Waals surface area contributed by atoms with E-state index in [4.69, 9.17) is 11.5 Å². The number of benzene rings is 2. The number of rotatable bonds is 17. The molecule has 0 aliphatic carbocycles. The Morgan fingerprint density at radius 3 is 2.36 bits per heavy atom. The fourth-order valence-corrected chi connectivity index (χ4v) is 7.21. The largest absolute Gasteiger partial charge is 0.368 e. The highest BCUT2D eigenvalue weighted by Crippen LogP contribution is 2.19. The Hall–Kier alpha value is -6.71. The first-order chi connectivity index (χ1) is 30.8. The molecule has 1 aliphatic heterocycles. The summed E-state index contributed by atoms with van der Waals surface area (Å²) in [5.74, 6) is 2.09. The second kappa shape index (κ2) is 26.0. The topological polar surface area (TPSA) is 266 Å². The summed E-state index contributed by atoms with van der Waals surface area (Å²) in [5, 5.41) is 15.5. The number of carbonyl (C=O) groups excluding carboxylic acids is 7. The highest BCUT2D eigenvalue weighted by Gasteiger charge is 2.32. The van der Waals surface area contributed by atoms with Crippen LogP contribution in [-0.2, 0) is 41.6 Å². The van der Waals surface area contributed by atoms with Crippen molar-refractivity contribution in [3.8, 4) is 11.8 Å². The van der Waals surface area contributed by atoms with Crippen LogP contribution in [-0.4, -0.2) is 119 Å². The van der Waals surface area contributed by atoms with E-state index in [2.05, 4.69) is 55.4 Å². The molecule has 0 unspecified atom stereocenters. The minimum Gasteiger partial charge on any atom is -0.368 e. The van der Waals surface area contributed by atoms with Crippen LogP contribution in [0.1, 0.15) is 69.9 Å². The van der Waals surface area contributed by atoms with E-state index in [1.807, 2.05) is 59.5 Å². The number of carbonyl (C=O) groups is 7. The molecule has 11 N–H and O–H groups in total. The monoisotopic (exact) mass is 881 g/mol. The second-order valence-electron chi connectivity index (χ2n) is 15.8. The molecular weight excluding hydrogens is 819 g/mol. The lowest BCUT2D eigenvalue weighted by Crippen LogP contribution is -2.59. The lowest BCUT2D eigenvalue weighted by molar-refractivity contribution is -0.134.